The number of anilines is 1. The Morgan fingerprint density at radius 1 is 0.475 bits per heavy atom. The second-order valence-electron chi connectivity index (χ2n) is 9.98. The summed E-state index contributed by atoms with van der Waals surface area (Å²) in [5.74, 6) is 0.830. The monoisotopic (exact) mass is 535 g/mol. The van der Waals surface area contributed by atoms with Crippen LogP contribution >= 0.6 is 11.6 Å². The van der Waals surface area contributed by atoms with E-state index in [9.17, 15) is 0 Å². The first kappa shape index (κ1) is 24.3. The van der Waals surface area contributed by atoms with Crippen molar-refractivity contribution in [2.45, 2.75) is 6.23 Å². The minimum absolute atomic E-state index is 0.313. The van der Waals surface area contributed by atoms with Crippen molar-refractivity contribution in [3.63, 3.8) is 0 Å². The normalized spacial score (nSPS) is 13.8. The van der Waals surface area contributed by atoms with Gasteiger partial charge in [0.2, 0.25) is 0 Å². The van der Waals surface area contributed by atoms with Crippen LogP contribution in [0.1, 0.15) is 11.8 Å². The Hall–Kier alpha value is -4.79. The van der Waals surface area contributed by atoms with E-state index < -0.39 is 0 Å². The third kappa shape index (κ3) is 4.75. The molecule has 0 amide bonds. The molecule has 0 radical (unpaired) electrons. The lowest BCUT2D eigenvalue weighted by Gasteiger charge is -2.13. The van der Waals surface area contributed by atoms with Crippen LogP contribution in [-0.2, 0) is 0 Å². The van der Waals surface area contributed by atoms with Gasteiger partial charge in [-0.15, -0.1) is 0 Å². The van der Waals surface area contributed by atoms with Gasteiger partial charge < -0.3 is 10.1 Å². The van der Waals surface area contributed by atoms with Crippen molar-refractivity contribution in [1.82, 2.24) is 0 Å². The number of fused-ring (bicyclic) bond motifs is 1. The van der Waals surface area contributed by atoms with Crippen molar-refractivity contribution >= 4 is 17.3 Å². The molecule has 0 aromatic heterocycles. The van der Waals surface area contributed by atoms with Crippen LogP contribution in [0.25, 0.3) is 44.5 Å². The van der Waals surface area contributed by atoms with Crippen LogP contribution in [0.4, 0.5) is 5.69 Å². The molecule has 1 unspecified atom stereocenters. The second kappa shape index (κ2) is 10.4. The first-order chi connectivity index (χ1) is 19.7. The van der Waals surface area contributed by atoms with E-state index in [0.29, 0.717) is 5.02 Å². The van der Waals surface area contributed by atoms with Crippen molar-refractivity contribution in [1.29, 1.82) is 0 Å². The van der Waals surface area contributed by atoms with Gasteiger partial charge in [-0.25, -0.2) is 0 Å². The Labute approximate surface area is 239 Å². The molecule has 6 aromatic carbocycles. The number of rotatable bonds is 5. The maximum atomic E-state index is 6.49. The molecule has 0 saturated carbocycles. The summed E-state index contributed by atoms with van der Waals surface area (Å²) in [6, 6.07) is 50.6. The minimum atomic E-state index is -0.313. The van der Waals surface area contributed by atoms with E-state index in [0.717, 1.165) is 39.3 Å². The first-order valence-corrected chi connectivity index (χ1v) is 13.8. The fourth-order valence-electron chi connectivity index (χ4n) is 5.32. The molecule has 0 bridgehead atoms. The summed E-state index contributed by atoms with van der Waals surface area (Å²) in [6.07, 6.45) is -0.313. The summed E-state index contributed by atoms with van der Waals surface area (Å²) in [6.45, 7) is 0. The molecule has 0 aliphatic carbocycles. The fraction of sp³-hybridized carbons (Fsp3) is 0.0270. The van der Waals surface area contributed by atoms with Crippen LogP contribution in [0.2, 0.25) is 5.02 Å². The van der Waals surface area contributed by atoms with Gasteiger partial charge in [-0.2, -0.15) is 0 Å². The lowest BCUT2D eigenvalue weighted by Crippen LogP contribution is -2.10. The molecule has 6 aromatic rings. The van der Waals surface area contributed by atoms with Crippen molar-refractivity contribution in [3.8, 4) is 50.3 Å². The third-order valence-corrected chi connectivity index (χ3v) is 7.64. The van der Waals surface area contributed by atoms with Crippen molar-refractivity contribution in [2.75, 3.05) is 5.32 Å². The van der Waals surface area contributed by atoms with E-state index in [-0.39, 0.29) is 6.23 Å². The van der Waals surface area contributed by atoms with Crippen LogP contribution in [-0.4, -0.2) is 0 Å². The number of benzene rings is 6. The van der Waals surface area contributed by atoms with Crippen LogP contribution in [0, 0.1) is 0 Å². The molecule has 1 N–H and O–H groups in total. The maximum absolute atomic E-state index is 6.49. The van der Waals surface area contributed by atoms with E-state index in [1.807, 2.05) is 36.4 Å². The van der Waals surface area contributed by atoms with E-state index in [1.54, 1.807) is 0 Å². The highest BCUT2D eigenvalue weighted by Crippen LogP contribution is 2.47. The largest absolute Gasteiger partial charge is 0.464 e. The number of hydrogen-bond acceptors (Lipinski definition) is 2. The van der Waals surface area contributed by atoms with Crippen LogP contribution < -0.4 is 10.1 Å². The molecule has 1 aliphatic rings. The number of ether oxygens (including phenoxy) is 1. The van der Waals surface area contributed by atoms with Gasteiger partial charge in [0.25, 0.3) is 0 Å². The SMILES string of the molecule is Clc1cccc(C2Nc3c(cc(-c4ccc(-c5ccccc5)cc4)cc3-c3ccc(-c4ccccc4)cc3)O2)c1. The van der Waals surface area contributed by atoms with Crippen molar-refractivity contribution in [2.24, 2.45) is 0 Å². The van der Waals surface area contributed by atoms with Crippen molar-refractivity contribution in [3.05, 3.63) is 156 Å². The molecule has 192 valence electrons. The topological polar surface area (TPSA) is 21.3 Å². The maximum Gasteiger partial charge on any atom is 0.196 e. The summed E-state index contributed by atoms with van der Waals surface area (Å²) >= 11 is 6.31. The van der Waals surface area contributed by atoms with Crippen LogP contribution in [0.15, 0.2) is 146 Å². The molecular formula is C37H26ClNO. The van der Waals surface area contributed by atoms with E-state index in [4.69, 9.17) is 16.3 Å². The summed E-state index contributed by atoms with van der Waals surface area (Å²) in [7, 11) is 0. The van der Waals surface area contributed by atoms with Gasteiger partial charge in [-0.05, 0) is 63.2 Å². The predicted octanol–water partition coefficient (Wildman–Crippen LogP) is 10.5. The number of nitrogens with one attached hydrogen (secondary N) is 1. The lowest BCUT2D eigenvalue weighted by molar-refractivity contribution is 0.260. The van der Waals surface area contributed by atoms with Gasteiger partial charge in [0, 0.05) is 16.1 Å². The molecule has 7 rings (SSSR count). The molecule has 0 fully saturated rings. The smallest absolute Gasteiger partial charge is 0.196 e. The van der Waals surface area contributed by atoms with Gasteiger partial charge in [0.05, 0.1) is 5.69 Å². The Bertz CT molecular complexity index is 1780. The molecule has 1 heterocycles. The van der Waals surface area contributed by atoms with E-state index >= 15 is 0 Å². The Kier molecular flexibility index (Phi) is 6.31. The molecule has 1 aliphatic heterocycles. The fourth-order valence-corrected chi connectivity index (χ4v) is 5.52. The predicted molar refractivity (Wildman–Crippen MR) is 167 cm³/mol. The van der Waals surface area contributed by atoms with E-state index in [2.05, 4.69) is 115 Å². The van der Waals surface area contributed by atoms with Gasteiger partial charge in [-0.3, -0.25) is 0 Å². The van der Waals surface area contributed by atoms with Gasteiger partial charge in [0.1, 0.15) is 5.75 Å². The standard InChI is InChI=1S/C37H26ClNO/c38-33-13-7-12-31(22-33)37-39-36-34(30-20-18-28(19-21-30)26-10-5-2-6-11-26)23-32(24-35(36)40-37)29-16-14-27(15-17-29)25-8-3-1-4-9-25/h1-24,37,39H. The number of hydrogen-bond donors (Lipinski definition) is 1. The Morgan fingerprint density at radius 3 is 1.57 bits per heavy atom. The number of halogens is 1. The molecule has 40 heavy (non-hydrogen) atoms. The Morgan fingerprint density at radius 2 is 1.00 bits per heavy atom. The molecule has 0 saturated heterocycles. The molecule has 1 atom stereocenters. The van der Waals surface area contributed by atoms with Gasteiger partial charge in [0.15, 0.2) is 6.23 Å². The lowest BCUT2D eigenvalue weighted by atomic mass is 9.94. The molecule has 2 nitrogen and oxygen atoms in total. The third-order valence-electron chi connectivity index (χ3n) is 7.40. The minimum Gasteiger partial charge on any atom is -0.464 e. The summed E-state index contributed by atoms with van der Waals surface area (Å²) in [5.41, 5.74) is 11.2. The summed E-state index contributed by atoms with van der Waals surface area (Å²) in [5, 5.41) is 4.31. The highest BCUT2D eigenvalue weighted by atomic mass is 35.5. The average molecular weight is 536 g/mol. The molecular weight excluding hydrogens is 510 g/mol. The quantitative estimate of drug-likeness (QED) is 0.237. The van der Waals surface area contributed by atoms with E-state index in [1.165, 1.54) is 22.3 Å². The van der Waals surface area contributed by atoms with Crippen LogP contribution in [0.5, 0.6) is 5.75 Å². The second-order valence-corrected chi connectivity index (χ2v) is 10.4. The molecule has 0 spiro atoms. The van der Waals surface area contributed by atoms with Gasteiger partial charge >= 0.3 is 0 Å². The van der Waals surface area contributed by atoms with Gasteiger partial charge in [-0.1, -0.05) is 133 Å². The zero-order valence-corrected chi connectivity index (χ0v) is 22.5. The zero-order chi connectivity index (χ0) is 26.9. The Balaban J connectivity index is 1.29. The average Bonchev–Trinajstić information content (AvgIpc) is 3.46. The summed E-state index contributed by atoms with van der Waals surface area (Å²) < 4.78 is 6.49. The molecule has 3 heteroatoms. The van der Waals surface area contributed by atoms with Crippen LogP contribution in [0.3, 0.4) is 0 Å². The first-order valence-electron chi connectivity index (χ1n) is 13.4. The highest BCUT2D eigenvalue weighted by molar-refractivity contribution is 6.30. The highest BCUT2D eigenvalue weighted by Gasteiger charge is 2.27. The van der Waals surface area contributed by atoms with Crippen molar-refractivity contribution < 1.29 is 4.74 Å². The zero-order valence-electron chi connectivity index (χ0n) is 21.7. The summed E-state index contributed by atoms with van der Waals surface area (Å²) in [4.78, 5) is 0.